The van der Waals surface area contributed by atoms with Gasteiger partial charge in [0.05, 0.1) is 4.90 Å². The van der Waals surface area contributed by atoms with E-state index in [1.807, 2.05) is 0 Å². The monoisotopic (exact) mass is 306 g/mol. The second kappa shape index (κ2) is 6.31. The summed E-state index contributed by atoms with van der Waals surface area (Å²) >= 11 is 0. The van der Waals surface area contributed by atoms with E-state index in [2.05, 4.69) is 0 Å². The summed E-state index contributed by atoms with van der Waals surface area (Å²) in [6.45, 7) is 1.63. The van der Waals surface area contributed by atoms with Crippen LogP contribution in [-0.2, 0) is 10.1 Å². The second-order valence-corrected chi connectivity index (χ2v) is 5.55. The van der Waals surface area contributed by atoms with E-state index in [9.17, 15) is 29.4 Å². The largest absolute Gasteiger partial charge is 1.00 e. The zero-order valence-electron chi connectivity index (χ0n) is 10.3. The molecule has 0 aliphatic heterocycles. The Kier molecular flexibility index (Phi) is 7.05. The molecule has 1 rings (SSSR count). The van der Waals surface area contributed by atoms with Crippen LogP contribution in [0.4, 0.5) is 21.0 Å². The van der Waals surface area contributed by atoms with E-state index in [4.69, 9.17) is 4.55 Å². The number of aryl methyl sites for hydroxylation is 1. The molecule has 0 aliphatic carbocycles. The van der Waals surface area contributed by atoms with Crippen LogP contribution >= 0.6 is 8.16 Å². The molecule has 102 valence electrons. The van der Waals surface area contributed by atoms with Crippen LogP contribution in [0.3, 0.4) is 0 Å². The number of rotatable bonds is 1. The standard InChI is InChI=1S/C7H8O3S.F5P.Li.H/c1-6-4-2-3-5-7(6)11(8,9)10;1-6(2,3,4)5;;/h2-5H,1H3,(H,8,9,10);;;/q;;+1;-1. The molecule has 11 heteroatoms. The second-order valence-electron chi connectivity index (χ2n) is 2.88. The first kappa shape index (κ1) is 20.1. The van der Waals surface area contributed by atoms with Gasteiger partial charge in [0.25, 0.3) is 10.1 Å². The van der Waals surface area contributed by atoms with Gasteiger partial charge in [0.2, 0.25) is 0 Å². The van der Waals surface area contributed by atoms with Crippen molar-refractivity contribution in [1.29, 1.82) is 0 Å². The summed E-state index contributed by atoms with van der Waals surface area (Å²) in [5, 5.41) is 0. The summed E-state index contributed by atoms with van der Waals surface area (Å²) in [7, 11) is -12.6. The normalized spacial score (nSPS) is 13.4. The minimum Gasteiger partial charge on any atom is -1.00 e. The molecule has 0 bridgehead atoms. The fourth-order valence-electron chi connectivity index (χ4n) is 0.846. The fraction of sp³-hybridized carbons (Fsp3) is 0.143. The zero-order valence-corrected chi connectivity index (χ0v) is 11.0. The average molecular weight is 306 g/mol. The van der Waals surface area contributed by atoms with Crippen molar-refractivity contribution >= 4 is 18.3 Å². The maximum absolute atomic E-state index is 10.6. The third-order valence-electron chi connectivity index (χ3n) is 1.37. The zero-order chi connectivity index (χ0) is 13.9. The van der Waals surface area contributed by atoms with Crippen molar-refractivity contribution in [2.75, 3.05) is 0 Å². The van der Waals surface area contributed by atoms with Gasteiger partial charge in [-0.3, -0.25) is 4.55 Å². The minimum absolute atomic E-state index is 0. The van der Waals surface area contributed by atoms with Gasteiger partial charge in [-0.2, -0.15) is 8.42 Å². The molecule has 0 amide bonds. The third-order valence-corrected chi connectivity index (χ3v) is 2.39. The molecule has 0 atom stereocenters. The number of benzene rings is 1. The Bertz CT molecular complexity index is 488. The molecular weight excluding hydrogens is 297 g/mol. The molecule has 0 spiro atoms. The number of hydrogen-bond acceptors (Lipinski definition) is 2. The molecule has 3 nitrogen and oxygen atoms in total. The van der Waals surface area contributed by atoms with Gasteiger partial charge in [0, 0.05) is 0 Å². The van der Waals surface area contributed by atoms with E-state index < -0.39 is 18.3 Å². The number of halogens is 5. The first-order chi connectivity index (χ1) is 7.25. The van der Waals surface area contributed by atoms with Crippen molar-refractivity contribution < 1.29 is 54.2 Å². The van der Waals surface area contributed by atoms with Crippen LogP contribution in [-0.4, -0.2) is 13.0 Å². The van der Waals surface area contributed by atoms with Crippen LogP contribution < -0.4 is 18.9 Å². The molecule has 1 aromatic carbocycles. The Balaban J connectivity index is -0.000000282. The molecule has 0 fully saturated rings. The molecule has 0 radical (unpaired) electrons. The number of hydrogen-bond donors (Lipinski definition) is 1. The van der Waals surface area contributed by atoms with Crippen LogP contribution in [0, 0.1) is 6.92 Å². The summed E-state index contributed by atoms with van der Waals surface area (Å²) in [5.41, 5.74) is 0.551. The molecule has 18 heavy (non-hydrogen) atoms. The summed E-state index contributed by atoms with van der Waals surface area (Å²) in [5.74, 6) is 0. The maximum atomic E-state index is 10.6. The van der Waals surface area contributed by atoms with E-state index in [1.54, 1.807) is 25.1 Å². The van der Waals surface area contributed by atoms with Crippen molar-refractivity contribution in [2.24, 2.45) is 0 Å². The topological polar surface area (TPSA) is 54.4 Å². The van der Waals surface area contributed by atoms with E-state index in [0.29, 0.717) is 5.56 Å². The molecule has 0 saturated heterocycles. The molecule has 0 heterocycles. The third kappa shape index (κ3) is 12.3. The predicted molar refractivity (Wildman–Crippen MR) is 54.6 cm³/mol. The van der Waals surface area contributed by atoms with Gasteiger partial charge >= 0.3 is 48.0 Å². The molecule has 1 N–H and O–H groups in total. The smallest absolute Gasteiger partial charge is 1.00 e. The Morgan fingerprint density at radius 3 is 1.67 bits per heavy atom. The van der Waals surface area contributed by atoms with Gasteiger partial charge in [0.15, 0.2) is 0 Å². The van der Waals surface area contributed by atoms with Gasteiger partial charge in [0.1, 0.15) is 0 Å². The van der Waals surface area contributed by atoms with Gasteiger partial charge in [-0.05, 0) is 18.6 Å². The Morgan fingerprint density at radius 2 is 1.44 bits per heavy atom. The van der Waals surface area contributed by atoms with E-state index in [1.165, 1.54) is 6.07 Å². The Hall–Kier alpha value is -0.193. The summed E-state index contributed by atoms with van der Waals surface area (Å²) in [4.78, 5) is -0.0278. The van der Waals surface area contributed by atoms with Crippen molar-refractivity contribution in [3.05, 3.63) is 29.8 Å². The molecule has 0 saturated carbocycles. The van der Waals surface area contributed by atoms with Gasteiger partial charge < -0.3 is 1.43 Å². The average Bonchev–Trinajstić information content (AvgIpc) is 1.97. The van der Waals surface area contributed by atoms with Gasteiger partial charge in [-0.1, -0.05) is 18.2 Å². The van der Waals surface area contributed by atoms with E-state index in [-0.39, 0.29) is 25.2 Å². The van der Waals surface area contributed by atoms with Crippen molar-refractivity contribution in [1.82, 2.24) is 0 Å². The molecule has 1 aromatic rings. The maximum Gasteiger partial charge on any atom is 1.00 e. The van der Waals surface area contributed by atoms with E-state index in [0.717, 1.165) is 0 Å². The molecule has 0 aliphatic rings. The Labute approximate surface area is 114 Å². The quantitative estimate of drug-likeness (QED) is 0.368. The van der Waals surface area contributed by atoms with Crippen LogP contribution in [0.1, 0.15) is 6.99 Å². The first-order valence-corrected chi connectivity index (χ1v) is 7.02. The van der Waals surface area contributed by atoms with Crippen LogP contribution in [0.15, 0.2) is 29.2 Å². The summed E-state index contributed by atoms with van der Waals surface area (Å²) < 4.78 is 79.1. The van der Waals surface area contributed by atoms with Gasteiger partial charge in [-0.25, -0.2) is 0 Å². The summed E-state index contributed by atoms with van der Waals surface area (Å²) in [6.07, 6.45) is 0. The first-order valence-electron chi connectivity index (χ1n) is 3.89. The predicted octanol–water partition coefficient (Wildman–Crippen LogP) is 1.32. The van der Waals surface area contributed by atoms with Crippen molar-refractivity contribution in [2.45, 2.75) is 11.8 Å². The van der Waals surface area contributed by atoms with Crippen molar-refractivity contribution in [3.8, 4) is 0 Å². The SMILES string of the molecule is Cc1ccccc1S(=O)(=O)O.FP(F)(F)(F)F.[H-].[Li+]. The van der Waals surface area contributed by atoms with Crippen LogP contribution in [0.5, 0.6) is 0 Å². The Morgan fingerprint density at radius 1 is 1.11 bits per heavy atom. The van der Waals surface area contributed by atoms with Crippen molar-refractivity contribution in [3.63, 3.8) is 0 Å². The van der Waals surface area contributed by atoms with Crippen LogP contribution in [0.25, 0.3) is 0 Å². The molecule has 0 aromatic heterocycles. The van der Waals surface area contributed by atoms with E-state index >= 15 is 0 Å². The molecular formula is C7H9F5LiO3PS. The minimum atomic E-state index is -8.55. The summed E-state index contributed by atoms with van der Waals surface area (Å²) in [6, 6.07) is 6.27. The van der Waals surface area contributed by atoms with Crippen LogP contribution in [0.2, 0.25) is 0 Å². The molecule has 0 unspecified atom stereocenters. The fourth-order valence-corrected chi connectivity index (χ4v) is 1.57. The van der Waals surface area contributed by atoms with Gasteiger partial charge in [-0.15, -0.1) is 0 Å².